The molecule has 8 heteroatoms. The molecular formula is C15H21F3N2O3. The number of hydrogen-bond donors (Lipinski definition) is 3. The fraction of sp³-hybridized carbons (Fsp3) is 0.533. The summed E-state index contributed by atoms with van der Waals surface area (Å²) >= 11 is 0. The number of benzene rings is 1. The third-order valence-electron chi connectivity index (χ3n) is 2.94. The molecule has 23 heavy (non-hydrogen) atoms. The summed E-state index contributed by atoms with van der Waals surface area (Å²) in [7, 11) is 0. The highest BCUT2D eigenvalue weighted by Gasteiger charge is 2.28. The minimum atomic E-state index is -4.40. The summed E-state index contributed by atoms with van der Waals surface area (Å²) in [6.45, 7) is 2.27. The number of nitrogens with one attached hydrogen (secondary N) is 2. The van der Waals surface area contributed by atoms with E-state index < -0.39 is 24.9 Å². The van der Waals surface area contributed by atoms with Crippen molar-refractivity contribution in [2.75, 3.05) is 18.5 Å². The first-order valence-corrected chi connectivity index (χ1v) is 7.24. The largest absolute Gasteiger partial charge is 0.484 e. The summed E-state index contributed by atoms with van der Waals surface area (Å²) in [4.78, 5) is 11.7. The quantitative estimate of drug-likeness (QED) is 0.717. The van der Waals surface area contributed by atoms with E-state index in [-0.39, 0.29) is 12.3 Å². The summed E-state index contributed by atoms with van der Waals surface area (Å²) in [6.07, 6.45) is -3.61. The molecule has 0 heterocycles. The Morgan fingerprint density at radius 3 is 2.65 bits per heavy atom. The molecule has 0 aromatic heterocycles. The first-order chi connectivity index (χ1) is 10.7. The van der Waals surface area contributed by atoms with Crippen LogP contribution in [0.1, 0.15) is 25.3 Å². The minimum Gasteiger partial charge on any atom is -0.484 e. The summed E-state index contributed by atoms with van der Waals surface area (Å²) < 4.78 is 41.0. The number of alkyl halides is 3. The van der Waals surface area contributed by atoms with E-state index in [1.165, 1.54) is 18.2 Å². The third-order valence-corrected chi connectivity index (χ3v) is 2.94. The molecule has 0 saturated heterocycles. The van der Waals surface area contributed by atoms with Crippen molar-refractivity contribution in [3.8, 4) is 5.75 Å². The van der Waals surface area contributed by atoms with Crippen LogP contribution in [0.15, 0.2) is 18.2 Å². The Balaban J connectivity index is 2.52. The van der Waals surface area contributed by atoms with Crippen molar-refractivity contribution in [3.63, 3.8) is 0 Å². The van der Waals surface area contributed by atoms with Gasteiger partial charge < -0.3 is 20.5 Å². The molecule has 0 saturated carbocycles. The van der Waals surface area contributed by atoms with Crippen LogP contribution in [0.4, 0.5) is 23.7 Å². The highest BCUT2D eigenvalue weighted by molar-refractivity contribution is 5.89. The second-order valence-corrected chi connectivity index (χ2v) is 5.16. The Labute approximate surface area is 132 Å². The van der Waals surface area contributed by atoms with Gasteiger partial charge in [-0.15, -0.1) is 0 Å². The number of aliphatic hydroxyl groups excluding tert-OH is 1. The Bertz CT molecular complexity index is 521. The van der Waals surface area contributed by atoms with Gasteiger partial charge in [0.1, 0.15) is 5.75 Å². The number of ether oxygens (including phenoxy) is 1. The molecule has 5 nitrogen and oxygen atoms in total. The molecule has 1 atom stereocenters. The van der Waals surface area contributed by atoms with Crippen molar-refractivity contribution in [2.45, 2.75) is 39.0 Å². The molecule has 1 unspecified atom stereocenters. The molecule has 2 amide bonds. The van der Waals surface area contributed by atoms with E-state index in [4.69, 9.17) is 0 Å². The van der Waals surface area contributed by atoms with Crippen LogP contribution in [0.2, 0.25) is 0 Å². The number of urea groups is 1. The maximum atomic E-state index is 12.1. The molecule has 0 fully saturated rings. The standard InChI is InChI=1S/C15H21F3N2O3/c1-3-4-12(21)8-19-14(22)20-11-5-6-13(10(2)7-11)23-9-15(16,17)18/h5-7,12,21H,3-4,8-9H2,1-2H3,(H2,19,20,22). The molecule has 0 aliphatic rings. The summed E-state index contributed by atoms with van der Waals surface area (Å²) in [6, 6.07) is 3.82. The molecule has 0 bridgehead atoms. The zero-order valence-electron chi connectivity index (χ0n) is 13.0. The number of hydrogen-bond acceptors (Lipinski definition) is 3. The van der Waals surface area contributed by atoms with Crippen LogP contribution in [0.5, 0.6) is 5.75 Å². The Morgan fingerprint density at radius 1 is 1.39 bits per heavy atom. The molecule has 3 N–H and O–H groups in total. The monoisotopic (exact) mass is 334 g/mol. The predicted octanol–water partition coefficient (Wildman–Crippen LogP) is 3.22. The van der Waals surface area contributed by atoms with Gasteiger partial charge in [-0.25, -0.2) is 4.79 Å². The van der Waals surface area contributed by atoms with Crippen molar-refractivity contribution in [2.24, 2.45) is 0 Å². The average Bonchev–Trinajstić information content (AvgIpc) is 2.43. The van der Waals surface area contributed by atoms with E-state index in [0.717, 1.165) is 6.42 Å². The molecule has 1 aromatic rings. The minimum absolute atomic E-state index is 0.103. The molecule has 130 valence electrons. The lowest BCUT2D eigenvalue weighted by Gasteiger charge is -2.14. The number of amides is 2. The Kier molecular flexibility index (Phi) is 7.15. The van der Waals surface area contributed by atoms with Gasteiger partial charge in [0.2, 0.25) is 0 Å². The first-order valence-electron chi connectivity index (χ1n) is 7.24. The van der Waals surface area contributed by atoms with Gasteiger partial charge in [-0.3, -0.25) is 0 Å². The summed E-state index contributed by atoms with van der Waals surface area (Å²) in [5.74, 6) is 0.103. The van der Waals surface area contributed by atoms with Gasteiger partial charge in [-0.2, -0.15) is 13.2 Å². The highest BCUT2D eigenvalue weighted by atomic mass is 19.4. The zero-order valence-corrected chi connectivity index (χ0v) is 13.0. The average molecular weight is 334 g/mol. The van der Waals surface area contributed by atoms with Gasteiger partial charge in [0, 0.05) is 12.2 Å². The fourth-order valence-electron chi connectivity index (χ4n) is 1.87. The number of carbonyl (C=O) groups excluding carboxylic acids is 1. The number of halogens is 3. The highest BCUT2D eigenvalue weighted by Crippen LogP contribution is 2.24. The summed E-state index contributed by atoms with van der Waals surface area (Å²) in [5, 5.41) is 14.6. The number of aliphatic hydroxyl groups is 1. The van der Waals surface area contributed by atoms with E-state index in [1.54, 1.807) is 6.92 Å². The second-order valence-electron chi connectivity index (χ2n) is 5.16. The van der Waals surface area contributed by atoms with Crippen LogP contribution in [-0.4, -0.2) is 36.6 Å². The Hall–Kier alpha value is -1.96. The van der Waals surface area contributed by atoms with Crippen LogP contribution >= 0.6 is 0 Å². The van der Waals surface area contributed by atoms with E-state index in [0.29, 0.717) is 17.7 Å². The van der Waals surface area contributed by atoms with Gasteiger partial charge in [0.15, 0.2) is 6.61 Å². The van der Waals surface area contributed by atoms with Crippen molar-refractivity contribution < 1.29 is 27.8 Å². The zero-order chi connectivity index (χ0) is 17.5. The maximum absolute atomic E-state index is 12.1. The van der Waals surface area contributed by atoms with Crippen LogP contribution in [0, 0.1) is 6.92 Å². The van der Waals surface area contributed by atoms with Crippen molar-refractivity contribution in [1.29, 1.82) is 0 Å². The molecule has 0 spiro atoms. The van der Waals surface area contributed by atoms with Gasteiger partial charge in [0.05, 0.1) is 6.10 Å². The number of aryl methyl sites for hydroxylation is 1. The van der Waals surface area contributed by atoms with E-state index >= 15 is 0 Å². The SMILES string of the molecule is CCCC(O)CNC(=O)Nc1ccc(OCC(F)(F)F)c(C)c1. The lowest BCUT2D eigenvalue weighted by atomic mass is 10.2. The molecule has 1 aromatic carbocycles. The van der Waals surface area contributed by atoms with E-state index in [9.17, 15) is 23.1 Å². The van der Waals surface area contributed by atoms with Crippen LogP contribution in [0.25, 0.3) is 0 Å². The molecule has 0 radical (unpaired) electrons. The molecule has 0 aliphatic heterocycles. The predicted molar refractivity (Wildman–Crippen MR) is 80.7 cm³/mol. The van der Waals surface area contributed by atoms with Gasteiger partial charge in [0.25, 0.3) is 0 Å². The van der Waals surface area contributed by atoms with Crippen LogP contribution in [-0.2, 0) is 0 Å². The van der Waals surface area contributed by atoms with Crippen LogP contribution in [0.3, 0.4) is 0 Å². The molecule has 0 aliphatic carbocycles. The van der Waals surface area contributed by atoms with Crippen molar-refractivity contribution in [1.82, 2.24) is 5.32 Å². The van der Waals surface area contributed by atoms with Gasteiger partial charge in [-0.1, -0.05) is 13.3 Å². The van der Waals surface area contributed by atoms with Crippen molar-refractivity contribution >= 4 is 11.7 Å². The number of carbonyl (C=O) groups is 1. The molecule has 1 rings (SSSR count). The van der Waals surface area contributed by atoms with E-state index in [1.807, 2.05) is 6.92 Å². The maximum Gasteiger partial charge on any atom is 0.422 e. The first kappa shape index (κ1) is 19.1. The van der Waals surface area contributed by atoms with E-state index in [2.05, 4.69) is 15.4 Å². The number of anilines is 1. The lowest BCUT2D eigenvalue weighted by Crippen LogP contribution is -2.35. The van der Waals surface area contributed by atoms with Gasteiger partial charge in [-0.05, 0) is 37.1 Å². The third kappa shape index (κ3) is 7.73. The Morgan fingerprint density at radius 2 is 2.09 bits per heavy atom. The fourth-order valence-corrected chi connectivity index (χ4v) is 1.87. The van der Waals surface area contributed by atoms with Crippen molar-refractivity contribution in [3.05, 3.63) is 23.8 Å². The normalized spacial score (nSPS) is 12.6. The van der Waals surface area contributed by atoms with Crippen LogP contribution < -0.4 is 15.4 Å². The van der Waals surface area contributed by atoms with Gasteiger partial charge >= 0.3 is 12.2 Å². The summed E-state index contributed by atoms with van der Waals surface area (Å²) in [5.41, 5.74) is 0.891. The molecular weight excluding hydrogens is 313 g/mol. The smallest absolute Gasteiger partial charge is 0.422 e. The lowest BCUT2D eigenvalue weighted by molar-refractivity contribution is -0.153. The number of rotatable bonds is 7. The second kappa shape index (κ2) is 8.61. The topological polar surface area (TPSA) is 70.6 Å².